The Morgan fingerprint density at radius 1 is 1.21 bits per heavy atom. The largest absolute Gasteiger partial charge is 0.497 e. The third-order valence-corrected chi connectivity index (χ3v) is 4.28. The fraction of sp³-hybridized carbons (Fsp3) is 0.176. The van der Waals surface area contributed by atoms with Crippen molar-refractivity contribution in [2.45, 2.75) is 4.90 Å². The van der Waals surface area contributed by atoms with Crippen LogP contribution in [0.3, 0.4) is 0 Å². The van der Waals surface area contributed by atoms with Crippen molar-refractivity contribution in [3.05, 3.63) is 53.1 Å². The van der Waals surface area contributed by atoms with Gasteiger partial charge in [-0.1, -0.05) is 11.6 Å². The monoisotopic (exact) mass is 364 g/mol. The van der Waals surface area contributed by atoms with Crippen LogP contribution < -0.4 is 14.9 Å². The Hall–Kier alpha value is -2.18. The lowest BCUT2D eigenvalue weighted by molar-refractivity contribution is -0.118. The third kappa shape index (κ3) is 5.47. The van der Waals surface area contributed by atoms with Crippen molar-refractivity contribution in [2.75, 3.05) is 20.0 Å². The number of carbonyl (C=O) groups is 1. The summed E-state index contributed by atoms with van der Waals surface area (Å²) in [7, 11) is 3.15. The van der Waals surface area contributed by atoms with Gasteiger partial charge in [0.15, 0.2) is 0 Å². The minimum absolute atomic E-state index is 0.201. The van der Waals surface area contributed by atoms with Gasteiger partial charge in [-0.15, -0.1) is 11.8 Å². The second-order valence-electron chi connectivity index (χ2n) is 4.64. The molecule has 24 heavy (non-hydrogen) atoms. The normalized spacial score (nSPS) is 10.6. The number of nitrogens with zero attached hydrogens (tertiary/aromatic N) is 1. The topological polar surface area (TPSA) is 59.9 Å². The van der Waals surface area contributed by atoms with Gasteiger partial charge >= 0.3 is 0 Å². The van der Waals surface area contributed by atoms with Gasteiger partial charge < -0.3 is 9.47 Å². The molecule has 1 amide bonds. The molecule has 7 heteroatoms. The molecular formula is C17H17ClN2O3S. The molecule has 0 bridgehead atoms. The minimum atomic E-state index is -0.201. The summed E-state index contributed by atoms with van der Waals surface area (Å²) in [5.41, 5.74) is 3.20. The van der Waals surface area contributed by atoms with Gasteiger partial charge in [-0.05, 0) is 42.5 Å². The average molecular weight is 365 g/mol. The van der Waals surface area contributed by atoms with Crippen molar-refractivity contribution in [2.24, 2.45) is 5.10 Å². The fourth-order valence-electron chi connectivity index (χ4n) is 1.83. The zero-order valence-electron chi connectivity index (χ0n) is 13.3. The quantitative estimate of drug-likeness (QED) is 0.463. The number of rotatable bonds is 7. The molecule has 2 aromatic rings. The van der Waals surface area contributed by atoms with Crippen LogP contribution in [-0.4, -0.2) is 32.1 Å². The van der Waals surface area contributed by atoms with Crippen LogP contribution in [0.5, 0.6) is 11.5 Å². The highest BCUT2D eigenvalue weighted by atomic mass is 35.5. The maximum Gasteiger partial charge on any atom is 0.250 e. The predicted octanol–water partition coefficient (Wildman–Crippen LogP) is 3.60. The number of ether oxygens (including phenoxy) is 2. The van der Waals surface area contributed by atoms with Gasteiger partial charge in [0.1, 0.15) is 11.5 Å². The van der Waals surface area contributed by atoms with Crippen molar-refractivity contribution < 1.29 is 14.3 Å². The van der Waals surface area contributed by atoms with Crippen LogP contribution in [0.1, 0.15) is 5.56 Å². The first kappa shape index (κ1) is 18.2. The molecule has 0 heterocycles. The molecule has 2 rings (SSSR count). The summed E-state index contributed by atoms with van der Waals surface area (Å²) in [5.74, 6) is 1.38. The number of halogens is 1. The zero-order chi connectivity index (χ0) is 17.4. The predicted molar refractivity (Wildman–Crippen MR) is 97.5 cm³/mol. The molecule has 126 valence electrons. The standard InChI is InChI=1S/C17H17ClN2O3S/c1-22-14-5-8-16(23-2)12(9-14)10-19-20-17(21)11-24-15-6-3-13(18)4-7-15/h3-10H,11H2,1-2H3,(H,20,21)/b19-10-. The van der Waals surface area contributed by atoms with E-state index in [0.29, 0.717) is 22.1 Å². The first-order valence-corrected chi connectivity index (χ1v) is 8.41. The number of nitrogens with one attached hydrogen (secondary N) is 1. The second-order valence-corrected chi connectivity index (χ2v) is 6.13. The molecule has 0 unspecified atom stereocenters. The van der Waals surface area contributed by atoms with Crippen LogP contribution in [0.2, 0.25) is 5.02 Å². The average Bonchev–Trinajstić information content (AvgIpc) is 2.61. The highest BCUT2D eigenvalue weighted by Crippen LogP contribution is 2.22. The summed E-state index contributed by atoms with van der Waals surface area (Å²) in [4.78, 5) is 12.8. The Morgan fingerprint density at radius 2 is 1.96 bits per heavy atom. The number of hydrogen-bond donors (Lipinski definition) is 1. The highest BCUT2D eigenvalue weighted by Gasteiger charge is 2.04. The number of thioether (sulfide) groups is 1. The maximum atomic E-state index is 11.8. The van der Waals surface area contributed by atoms with E-state index in [4.69, 9.17) is 21.1 Å². The van der Waals surface area contributed by atoms with Crippen molar-refractivity contribution in [1.29, 1.82) is 0 Å². The minimum Gasteiger partial charge on any atom is -0.497 e. The van der Waals surface area contributed by atoms with Crippen LogP contribution in [0.15, 0.2) is 52.5 Å². The van der Waals surface area contributed by atoms with Crippen molar-refractivity contribution in [3.8, 4) is 11.5 Å². The Balaban J connectivity index is 1.89. The van der Waals surface area contributed by atoms with Gasteiger partial charge in [-0.2, -0.15) is 5.10 Å². The van der Waals surface area contributed by atoms with E-state index >= 15 is 0 Å². The molecule has 2 aromatic carbocycles. The lowest BCUT2D eigenvalue weighted by Crippen LogP contribution is -2.19. The van der Waals surface area contributed by atoms with Gasteiger partial charge in [0.2, 0.25) is 5.91 Å². The molecule has 0 aliphatic rings. The van der Waals surface area contributed by atoms with Gasteiger partial charge in [-0.3, -0.25) is 4.79 Å². The van der Waals surface area contributed by atoms with E-state index in [2.05, 4.69) is 10.5 Å². The smallest absolute Gasteiger partial charge is 0.250 e. The zero-order valence-corrected chi connectivity index (χ0v) is 14.9. The lowest BCUT2D eigenvalue weighted by atomic mass is 10.2. The van der Waals surface area contributed by atoms with Gasteiger partial charge in [-0.25, -0.2) is 5.43 Å². The molecule has 0 aliphatic carbocycles. The molecule has 5 nitrogen and oxygen atoms in total. The van der Waals surface area contributed by atoms with Crippen molar-refractivity contribution in [3.63, 3.8) is 0 Å². The number of methoxy groups -OCH3 is 2. The van der Waals surface area contributed by atoms with Gasteiger partial charge in [0.25, 0.3) is 0 Å². The van der Waals surface area contributed by atoms with E-state index in [-0.39, 0.29) is 11.7 Å². The molecule has 1 N–H and O–H groups in total. The number of benzene rings is 2. The van der Waals surface area contributed by atoms with Crippen LogP contribution in [0, 0.1) is 0 Å². The van der Waals surface area contributed by atoms with Gasteiger partial charge in [0, 0.05) is 15.5 Å². The van der Waals surface area contributed by atoms with Crippen LogP contribution in [0.25, 0.3) is 0 Å². The van der Waals surface area contributed by atoms with Crippen LogP contribution >= 0.6 is 23.4 Å². The highest BCUT2D eigenvalue weighted by molar-refractivity contribution is 8.00. The van der Waals surface area contributed by atoms with E-state index in [0.717, 1.165) is 4.90 Å². The molecule has 0 aliphatic heterocycles. The summed E-state index contributed by atoms with van der Waals surface area (Å²) in [5, 5.41) is 4.62. The SMILES string of the molecule is COc1ccc(OC)c(/C=N\NC(=O)CSc2ccc(Cl)cc2)c1. The first-order chi connectivity index (χ1) is 11.6. The Labute approximate surface area is 150 Å². The molecule has 0 saturated heterocycles. The van der Waals surface area contributed by atoms with Crippen molar-refractivity contribution in [1.82, 2.24) is 5.43 Å². The molecule has 0 aromatic heterocycles. The Kier molecular flexibility index (Phi) is 6.96. The molecule has 0 saturated carbocycles. The third-order valence-electron chi connectivity index (χ3n) is 3.01. The van der Waals surface area contributed by atoms with E-state index < -0.39 is 0 Å². The van der Waals surface area contributed by atoms with Gasteiger partial charge in [0.05, 0.1) is 26.2 Å². The molecule has 0 spiro atoms. The summed E-state index contributed by atoms with van der Waals surface area (Å²) < 4.78 is 10.4. The molecule has 0 radical (unpaired) electrons. The number of amides is 1. The first-order valence-electron chi connectivity index (χ1n) is 7.04. The summed E-state index contributed by atoms with van der Waals surface area (Å²) in [6, 6.07) is 12.6. The Bertz CT molecular complexity index is 720. The lowest BCUT2D eigenvalue weighted by Gasteiger charge is -2.06. The molecule has 0 atom stereocenters. The maximum absolute atomic E-state index is 11.8. The molecule has 0 fully saturated rings. The van der Waals surface area contributed by atoms with E-state index in [1.54, 1.807) is 44.6 Å². The van der Waals surface area contributed by atoms with Crippen molar-refractivity contribution >= 4 is 35.5 Å². The second kappa shape index (κ2) is 9.20. The number of hydrazone groups is 1. The summed E-state index contributed by atoms with van der Waals surface area (Å²) in [6.07, 6.45) is 1.52. The number of hydrogen-bond acceptors (Lipinski definition) is 5. The van der Waals surface area contributed by atoms with Crippen LogP contribution in [-0.2, 0) is 4.79 Å². The van der Waals surface area contributed by atoms with E-state index in [1.165, 1.54) is 18.0 Å². The molecular weight excluding hydrogens is 348 g/mol. The Morgan fingerprint density at radius 3 is 2.62 bits per heavy atom. The summed E-state index contributed by atoms with van der Waals surface area (Å²) >= 11 is 7.23. The van der Waals surface area contributed by atoms with E-state index in [1.807, 2.05) is 12.1 Å². The van der Waals surface area contributed by atoms with Crippen LogP contribution in [0.4, 0.5) is 0 Å². The summed E-state index contributed by atoms with van der Waals surface area (Å²) in [6.45, 7) is 0. The number of carbonyl (C=O) groups excluding carboxylic acids is 1. The fourth-order valence-corrected chi connectivity index (χ4v) is 2.64. The van der Waals surface area contributed by atoms with E-state index in [9.17, 15) is 4.79 Å².